The van der Waals surface area contributed by atoms with Crippen molar-refractivity contribution in [3.8, 4) is 11.5 Å². The first-order valence-corrected chi connectivity index (χ1v) is 9.20. The molecule has 0 unspecified atom stereocenters. The Morgan fingerprint density at radius 3 is 2.61 bits per heavy atom. The van der Waals surface area contributed by atoms with E-state index in [4.69, 9.17) is 9.47 Å². The second-order valence-electron chi connectivity index (χ2n) is 6.42. The maximum Gasteiger partial charge on any atom is 0.248 e. The van der Waals surface area contributed by atoms with Crippen molar-refractivity contribution in [2.24, 2.45) is 0 Å². The summed E-state index contributed by atoms with van der Waals surface area (Å²) in [6.07, 6.45) is 4.38. The molecular weight excluding hydrogens is 356 g/mol. The van der Waals surface area contributed by atoms with Gasteiger partial charge < -0.3 is 19.7 Å². The van der Waals surface area contributed by atoms with E-state index in [0.717, 1.165) is 16.8 Å². The van der Waals surface area contributed by atoms with Gasteiger partial charge in [-0.15, -0.1) is 0 Å². The van der Waals surface area contributed by atoms with Crippen molar-refractivity contribution in [1.82, 2.24) is 0 Å². The van der Waals surface area contributed by atoms with E-state index in [1.807, 2.05) is 31.2 Å². The Hall–Kier alpha value is -3.28. The average Bonchev–Trinajstić information content (AvgIpc) is 2.72. The van der Waals surface area contributed by atoms with Crippen LogP contribution in [0.1, 0.15) is 24.5 Å². The molecule has 6 heteroatoms. The predicted octanol–water partition coefficient (Wildman–Crippen LogP) is 3.65. The van der Waals surface area contributed by atoms with Crippen molar-refractivity contribution in [1.29, 1.82) is 0 Å². The largest absolute Gasteiger partial charge is 0.493 e. The van der Waals surface area contributed by atoms with Gasteiger partial charge in [0, 0.05) is 30.4 Å². The van der Waals surface area contributed by atoms with Gasteiger partial charge in [0.25, 0.3) is 0 Å². The summed E-state index contributed by atoms with van der Waals surface area (Å²) in [6, 6.07) is 11.1. The van der Waals surface area contributed by atoms with Crippen LogP contribution in [0.3, 0.4) is 0 Å². The van der Waals surface area contributed by atoms with Gasteiger partial charge in [0.15, 0.2) is 11.5 Å². The molecule has 2 amide bonds. The molecule has 146 valence electrons. The molecule has 28 heavy (non-hydrogen) atoms. The zero-order valence-corrected chi connectivity index (χ0v) is 16.3. The first-order valence-electron chi connectivity index (χ1n) is 9.20. The van der Waals surface area contributed by atoms with Crippen molar-refractivity contribution in [3.63, 3.8) is 0 Å². The number of hydrogen-bond donors (Lipinski definition) is 1. The number of ether oxygens (including phenoxy) is 2. The van der Waals surface area contributed by atoms with Crippen LogP contribution in [0.5, 0.6) is 11.5 Å². The lowest BCUT2D eigenvalue weighted by Gasteiger charge is -2.28. The van der Waals surface area contributed by atoms with Crippen molar-refractivity contribution in [2.45, 2.75) is 19.8 Å². The van der Waals surface area contributed by atoms with E-state index in [-0.39, 0.29) is 11.8 Å². The van der Waals surface area contributed by atoms with Gasteiger partial charge in [0.05, 0.1) is 14.2 Å². The third-order valence-corrected chi connectivity index (χ3v) is 4.70. The molecule has 0 saturated heterocycles. The van der Waals surface area contributed by atoms with Gasteiger partial charge in [-0.2, -0.15) is 0 Å². The number of methoxy groups -OCH3 is 2. The first-order chi connectivity index (χ1) is 13.5. The van der Waals surface area contributed by atoms with Crippen LogP contribution in [-0.2, 0) is 16.0 Å². The highest BCUT2D eigenvalue weighted by molar-refractivity contribution is 6.02. The zero-order chi connectivity index (χ0) is 20.1. The second kappa shape index (κ2) is 8.61. The fraction of sp³-hybridized carbons (Fsp3) is 0.273. The Bertz CT molecular complexity index is 921. The smallest absolute Gasteiger partial charge is 0.248 e. The highest BCUT2D eigenvalue weighted by atomic mass is 16.5. The lowest BCUT2D eigenvalue weighted by atomic mass is 10.0. The molecule has 0 fully saturated rings. The molecule has 2 aromatic rings. The summed E-state index contributed by atoms with van der Waals surface area (Å²) in [5, 5.41) is 2.87. The minimum absolute atomic E-state index is 0.143. The zero-order valence-electron chi connectivity index (χ0n) is 16.3. The van der Waals surface area contributed by atoms with E-state index in [0.29, 0.717) is 36.6 Å². The number of aryl methyl sites for hydroxylation is 1. The van der Waals surface area contributed by atoms with Crippen molar-refractivity contribution in [2.75, 3.05) is 31.0 Å². The van der Waals surface area contributed by atoms with Crippen LogP contribution in [0.2, 0.25) is 0 Å². The lowest BCUT2D eigenvalue weighted by Crippen LogP contribution is -2.34. The summed E-state index contributed by atoms with van der Waals surface area (Å²) in [4.78, 5) is 26.1. The predicted molar refractivity (Wildman–Crippen MR) is 110 cm³/mol. The van der Waals surface area contributed by atoms with E-state index in [9.17, 15) is 9.59 Å². The normalized spacial score (nSPS) is 13.4. The number of fused-ring (bicyclic) bond motifs is 1. The van der Waals surface area contributed by atoms with E-state index in [1.165, 1.54) is 6.08 Å². The molecule has 0 atom stereocenters. The van der Waals surface area contributed by atoms with E-state index in [1.54, 1.807) is 37.3 Å². The number of benzene rings is 2. The number of nitrogens with zero attached hydrogens (tertiary/aromatic N) is 1. The molecule has 0 aliphatic carbocycles. The summed E-state index contributed by atoms with van der Waals surface area (Å²) < 4.78 is 10.5. The molecular formula is C22H24N2O4. The second-order valence-corrected chi connectivity index (χ2v) is 6.42. The van der Waals surface area contributed by atoms with E-state index >= 15 is 0 Å². The van der Waals surface area contributed by atoms with Gasteiger partial charge in [0.2, 0.25) is 11.8 Å². The summed E-state index contributed by atoms with van der Waals surface area (Å²) >= 11 is 0. The van der Waals surface area contributed by atoms with Gasteiger partial charge in [0.1, 0.15) is 0 Å². The monoisotopic (exact) mass is 380 g/mol. The van der Waals surface area contributed by atoms with Crippen LogP contribution in [0, 0.1) is 0 Å². The Morgan fingerprint density at radius 1 is 1.11 bits per heavy atom. The molecule has 0 aromatic heterocycles. The maximum atomic E-state index is 12.3. The number of carbonyl (C=O) groups excluding carboxylic acids is 2. The quantitative estimate of drug-likeness (QED) is 0.777. The summed E-state index contributed by atoms with van der Waals surface area (Å²) in [6.45, 7) is 2.60. The van der Waals surface area contributed by atoms with Crippen LogP contribution in [0.4, 0.5) is 11.4 Å². The summed E-state index contributed by atoms with van der Waals surface area (Å²) in [7, 11) is 3.15. The Balaban J connectivity index is 1.70. The topological polar surface area (TPSA) is 67.9 Å². The minimum atomic E-state index is -0.228. The Kier molecular flexibility index (Phi) is 5.99. The van der Waals surface area contributed by atoms with Crippen molar-refractivity contribution >= 4 is 29.3 Å². The molecule has 6 nitrogen and oxygen atoms in total. The van der Waals surface area contributed by atoms with Crippen LogP contribution >= 0.6 is 0 Å². The van der Waals surface area contributed by atoms with Gasteiger partial charge in [-0.05, 0) is 60.9 Å². The third kappa shape index (κ3) is 4.17. The van der Waals surface area contributed by atoms with Gasteiger partial charge in [-0.25, -0.2) is 0 Å². The van der Waals surface area contributed by atoms with Crippen LogP contribution < -0.4 is 19.7 Å². The third-order valence-electron chi connectivity index (χ3n) is 4.70. The Labute approximate surface area is 164 Å². The van der Waals surface area contributed by atoms with Gasteiger partial charge in [-0.3, -0.25) is 9.59 Å². The fourth-order valence-electron chi connectivity index (χ4n) is 3.30. The van der Waals surface area contributed by atoms with E-state index < -0.39 is 0 Å². The van der Waals surface area contributed by atoms with Crippen LogP contribution in [0.25, 0.3) is 6.08 Å². The maximum absolute atomic E-state index is 12.3. The number of nitrogens with one attached hydrogen (secondary N) is 1. The van der Waals surface area contributed by atoms with Gasteiger partial charge in [-0.1, -0.05) is 6.07 Å². The molecule has 3 rings (SSSR count). The molecule has 0 spiro atoms. The fourth-order valence-corrected chi connectivity index (χ4v) is 3.30. The summed E-state index contributed by atoms with van der Waals surface area (Å²) in [5.41, 5.74) is 3.54. The van der Waals surface area contributed by atoms with Crippen molar-refractivity contribution < 1.29 is 19.1 Å². The lowest BCUT2D eigenvalue weighted by molar-refractivity contribution is -0.118. The number of hydrogen-bond acceptors (Lipinski definition) is 4. The highest BCUT2D eigenvalue weighted by Crippen LogP contribution is 2.30. The SMILES string of the molecule is CCN1C(=O)CCc2cc(NC(=O)/C=C/c3ccc(OC)c(OC)c3)ccc21. The number of rotatable bonds is 6. The molecule has 0 radical (unpaired) electrons. The molecule has 1 heterocycles. The standard InChI is InChI=1S/C22H24N2O4/c1-4-24-18-9-8-17(14-16(18)7-12-22(24)26)23-21(25)11-6-15-5-10-19(27-2)20(13-15)28-3/h5-6,8-11,13-14H,4,7,12H2,1-3H3,(H,23,25)/b11-6+. The molecule has 1 N–H and O–H groups in total. The first kappa shape index (κ1) is 19.5. The number of carbonyl (C=O) groups is 2. The highest BCUT2D eigenvalue weighted by Gasteiger charge is 2.22. The molecule has 1 aliphatic heterocycles. The van der Waals surface area contributed by atoms with Crippen LogP contribution in [-0.4, -0.2) is 32.6 Å². The molecule has 1 aliphatic rings. The minimum Gasteiger partial charge on any atom is -0.493 e. The van der Waals surface area contributed by atoms with E-state index in [2.05, 4.69) is 5.32 Å². The van der Waals surface area contributed by atoms with Gasteiger partial charge >= 0.3 is 0 Å². The molecule has 0 bridgehead atoms. The number of amides is 2. The number of anilines is 2. The summed E-state index contributed by atoms with van der Waals surface area (Å²) in [5.74, 6) is 1.16. The Morgan fingerprint density at radius 2 is 1.89 bits per heavy atom. The van der Waals surface area contributed by atoms with Crippen molar-refractivity contribution in [3.05, 3.63) is 53.6 Å². The molecule has 0 saturated carbocycles. The molecule has 2 aromatic carbocycles. The van der Waals surface area contributed by atoms with Crippen LogP contribution in [0.15, 0.2) is 42.5 Å². The average molecular weight is 380 g/mol.